The Morgan fingerprint density at radius 3 is 2.32 bits per heavy atom. The van der Waals surface area contributed by atoms with Gasteiger partial charge in [0.2, 0.25) is 0 Å². The van der Waals surface area contributed by atoms with Gasteiger partial charge in [-0.15, -0.1) is 0 Å². The first-order chi connectivity index (χ1) is 15.0. The van der Waals surface area contributed by atoms with Crippen LogP contribution in [0, 0.1) is 0 Å². The molecule has 2 aromatic rings. The van der Waals surface area contributed by atoms with E-state index in [-0.39, 0.29) is 19.8 Å². The van der Waals surface area contributed by atoms with E-state index >= 15 is 0 Å². The molecule has 0 spiro atoms. The second-order valence-corrected chi connectivity index (χ2v) is 6.40. The third-order valence-electron chi connectivity index (χ3n) is 4.04. The monoisotopic (exact) mass is 432 g/mol. The summed E-state index contributed by atoms with van der Waals surface area (Å²) in [7, 11) is 1.60. The van der Waals surface area contributed by atoms with Crippen molar-refractivity contribution in [2.75, 3.05) is 45.3 Å². The smallest absolute Gasteiger partial charge is 0.411 e. The number of carbonyl (C=O) groups excluding carboxylic acids is 2. The molecule has 2 rings (SSSR count). The lowest BCUT2D eigenvalue weighted by molar-refractivity contribution is 0.0258. The number of benzene rings is 2. The summed E-state index contributed by atoms with van der Waals surface area (Å²) in [5.74, 6) is 0.914. The number of carbonyl (C=O) groups is 2. The molecule has 0 fully saturated rings. The first-order valence-electron chi connectivity index (χ1n) is 9.88. The molecule has 0 saturated heterocycles. The Hall–Kier alpha value is -3.30. The fourth-order valence-corrected chi connectivity index (χ4v) is 2.47. The van der Waals surface area contributed by atoms with Gasteiger partial charge < -0.3 is 29.4 Å². The van der Waals surface area contributed by atoms with Crippen molar-refractivity contribution in [1.82, 2.24) is 5.32 Å². The molecule has 9 nitrogen and oxygen atoms in total. The number of esters is 1. The second kappa shape index (κ2) is 13.1. The average Bonchev–Trinajstić information content (AvgIpc) is 2.78. The first kappa shape index (κ1) is 24.0. The molecule has 31 heavy (non-hydrogen) atoms. The molecule has 2 aromatic carbocycles. The van der Waals surface area contributed by atoms with Crippen LogP contribution in [-0.4, -0.2) is 63.3 Å². The van der Waals surface area contributed by atoms with Crippen molar-refractivity contribution in [3.8, 4) is 11.5 Å². The van der Waals surface area contributed by atoms with Crippen molar-refractivity contribution >= 4 is 17.7 Å². The van der Waals surface area contributed by atoms with Crippen molar-refractivity contribution in [2.24, 2.45) is 0 Å². The number of rotatable bonds is 12. The number of aliphatic hydroxyl groups is 1. The maximum absolute atomic E-state index is 12.1. The first-order valence-corrected chi connectivity index (χ1v) is 9.88. The van der Waals surface area contributed by atoms with E-state index in [2.05, 4.69) is 10.6 Å². The largest absolute Gasteiger partial charge is 0.497 e. The van der Waals surface area contributed by atoms with Crippen molar-refractivity contribution in [1.29, 1.82) is 0 Å². The van der Waals surface area contributed by atoms with E-state index in [0.717, 1.165) is 11.5 Å². The summed E-state index contributed by atoms with van der Waals surface area (Å²) < 4.78 is 20.5. The number of hydrogen-bond acceptors (Lipinski definition) is 8. The van der Waals surface area contributed by atoms with Gasteiger partial charge in [0.05, 0.1) is 19.3 Å². The lowest BCUT2D eigenvalue weighted by Crippen LogP contribution is -2.33. The predicted molar refractivity (Wildman–Crippen MR) is 115 cm³/mol. The number of aliphatic hydroxyl groups excluding tert-OH is 1. The Balaban J connectivity index is 1.61. The van der Waals surface area contributed by atoms with E-state index in [9.17, 15) is 14.7 Å². The minimum atomic E-state index is -0.852. The van der Waals surface area contributed by atoms with Gasteiger partial charge in [-0.1, -0.05) is 0 Å². The van der Waals surface area contributed by atoms with E-state index in [4.69, 9.17) is 18.9 Å². The minimum absolute atomic E-state index is 0.145. The fourth-order valence-electron chi connectivity index (χ4n) is 2.47. The fraction of sp³-hybridized carbons (Fsp3) is 0.364. The molecule has 168 valence electrons. The normalized spacial score (nSPS) is 11.3. The van der Waals surface area contributed by atoms with Crippen molar-refractivity contribution < 1.29 is 33.6 Å². The highest BCUT2D eigenvalue weighted by molar-refractivity contribution is 5.91. The lowest BCUT2D eigenvalue weighted by atomic mass is 10.2. The molecule has 3 N–H and O–H groups in total. The van der Waals surface area contributed by atoms with Gasteiger partial charge in [0.1, 0.15) is 30.8 Å². The number of hydrogen-bond donors (Lipinski definition) is 3. The summed E-state index contributed by atoms with van der Waals surface area (Å²) >= 11 is 0. The average molecular weight is 432 g/mol. The SMILES string of the molecule is CCOC(=O)Nc1ccc(C(=O)OCC(O)CNCCOc2ccc(OC)cc2)cc1. The quantitative estimate of drug-likeness (QED) is 0.346. The standard InChI is InChI=1S/C22H28N2O7/c1-3-29-22(27)24-17-6-4-16(5-7-17)21(26)31-15-18(25)14-23-12-13-30-20-10-8-19(28-2)9-11-20/h4-11,18,23,25H,3,12-15H2,1-2H3,(H,24,27). The summed E-state index contributed by atoms with van der Waals surface area (Å²) in [5, 5.41) is 15.5. The highest BCUT2D eigenvalue weighted by Gasteiger charge is 2.11. The minimum Gasteiger partial charge on any atom is -0.497 e. The van der Waals surface area contributed by atoms with Crippen LogP contribution >= 0.6 is 0 Å². The van der Waals surface area contributed by atoms with Crippen LogP contribution in [0.15, 0.2) is 48.5 Å². The van der Waals surface area contributed by atoms with E-state index in [1.165, 1.54) is 12.1 Å². The van der Waals surface area contributed by atoms with Crippen molar-refractivity contribution in [3.63, 3.8) is 0 Å². The zero-order valence-corrected chi connectivity index (χ0v) is 17.6. The number of anilines is 1. The molecule has 0 aliphatic heterocycles. The summed E-state index contributed by atoms with van der Waals surface area (Å²) in [6.45, 7) is 3.02. The van der Waals surface area contributed by atoms with Crippen LogP contribution in [0.5, 0.6) is 11.5 Å². The van der Waals surface area contributed by atoms with E-state index < -0.39 is 18.2 Å². The Morgan fingerprint density at radius 2 is 1.68 bits per heavy atom. The van der Waals surface area contributed by atoms with Crippen LogP contribution in [0.2, 0.25) is 0 Å². The molecule has 0 saturated carbocycles. The van der Waals surface area contributed by atoms with Gasteiger partial charge in [-0.05, 0) is 55.5 Å². The van der Waals surface area contributed by atoms with Gasteiger partial charge in [-0.2, -0.15) is 0 Å². The third-order valence-corrected chi connectivity index (χ3v) is 4.04. The molecule has 0 aromatic heterocycles. The maximum Gasteiger partial charge on any atom is 0.411 e. The van der Waals surface area contributed by atoms with Crippen LogP contribution in [0.4, 0.5) is 10.5 Å². The van der Waals surface area contributed by atoms with E-state index in [1.807, 2.05) is 24.3 Å². The van der Waals surface area contributed by atoms with Crippen LogP contribution in [0.25, 0.3) is 0 Å². The van der Waals surface area contributed by atoms with Gasteiger partial charge in [-0.3, -0.25) is 5.32 Å². The Bertz CT molecular complexity index is 810. The highest BCUT2D eigenvalue weighted by atomic mass is 16.5. The Kier molecular flexibility index (Phi) is 10.1. The maximum atomic E-state index is 12.1. The van der Waals surface area contributed by atoms with E-state index in [0.29, 0.717) is 24.4 Å². The Labute approximate surface area is 181 Å². The molecule has 9 heteroatoms. The second-order valence-electron chi connectivity index (χ2n) is 6.40. The molecule has 0 bridgehead atoms. The summed E-state index contributed by atoms with van der Waals surface area (Å²) in [6.07, 6.45) is -1.42. The lowest BCUT2D eigenvalue weighted by Gasteiger charge is -2.13. The predicted octanol–water partition coefficient (Wildman–Crippen LogP) is 2.45. The molecule has 0 aliphatic carbocycles. The molecule has 1 unspecified atom stereocenters. The van der Waals surface area contributed by atoms with Crippen LogP contribution < -0.4 is 20.1 Å². The van der Waals surface area contributed by atoms with Gasteiger partial charge in [-0.25, -0.2) is 9.59 Å². The molecular weight excluding hydrogens is 404 g/mol. The molecule has 1 atom stereocenters. The molecule has 0 heterocycles. The number of ether oxygens (including phenoxy) is 4. The summed E-state index contributed by atoms with van der Waals surface area (Å²) in [4.78, 5) is 23.4. The van der Waals surface area contributed by atoms with Gasteiger partial charge in [0.25, 0.3) is 0 Å². The molecule has 0 aliphatic rings. The van der Waals surface area contributed by atoms with Crippen LogP contribution in [-0.2, 0) is 9.47 Å². The van der Waals surface area contributed by atoms with Gasteiger partial charge in [0.15, 0.2) is 0 Å². The van der Waals surface area contributed by atoms with Gasteiger partial charge >= 0.3 is 12.1 Å². The summed E-state index contributed by atoms with van der Waals surface area (Å²) in [5.41, 5.74) is 0.804. The van der Waals surface area contributed by atoms with E-state index in [1.54, 1.807) is 26.2 Å². The third kappa shape index (κ3) is 8.93. The number of amides is 1. The molecular formula is C22H28N2O7. The number of nitrogens with one attached hydrogen (secondary N) is 2. The summed E-state index contributed by atoms with van der Waals surface area (Å²) in [6, 6.07) is 13.4. The zero-order valence-electron chi connectivity index (χ0n) is 17.6. The van der Waals surface area contributed by atoms with Gasteiger partial charge in [0, 0.05) is 18.8 Å². The van der Waals surface area contributed by atoms with Crippen molar-refractivity contribution in [3.05, 3.63) is 54.1 Å². The molecule has 0 radical (unpaired) electrons. The van der Waals surface area contributed by atoms with Crippen LogP contribution in [0.3, 0.4) is 0 Å². The zero-order chi connectivity index (χ0) is 22.5. The topological polar surface area (TPSA) is 115 Å². The number of methoxy groups -OCH3 is 1. The highest BCUT2D eigenvalue weighted by Crippen LogP contribution is 2.16. The van der Waals surface area contributed by atoms with Crippen LogP contribution in [0.1, 0.15) is 17.3 Å². The Morgan fingerprint density at radius 1 is 1.00 bits per heavy atom. The molecule has 1 amide bonds. The van der Waals surface area contributed by atoms with Crippen molar-refractivity contribution in [2.45, 2.75) is 13.0 Å².